The van der Waals surface area contributed by atoms with Crippen molar-refractivity contribution in [3.05, 3.63) is 40.4 Å². The van der Waals surface area contributed by atoms with Gasteiger partial charge in [-0.15, -0.1) is 11.3 Å². The Morgan fingerprint density at radius 2 is 1.86 bits per heavy atom. The third kappa shape index (κ3) is 2.31. The highest BCUT2D eigenvalue weighted by Gasteiger charge is 2.18. The largest absolute Gasteiger partial charge is 0.497 e. The number of ether oxygens (including phenoxy) is 1. The monoisotopic (exact) mass is 314 g/mol. The Balaban J connectivity index is 2.17. The highest BCUT2D eigenvalue weighted by atomic mass is 32.1. The second kappa shape index (κ2) is 5.38. The number of carbonyl (C=O) groups is 1. The first-order valence-corrected chi connectivity index (χ1v) is 7.48. The van der Waals surface area contributed by atoms with Crippen molar-refractivity contribution in [2.24, 2.45) is 0 Å². The first-order valence-electron chi connectivity index (χ1n) is 6.66. The van der Waals surface area contributed by atoms with Crippen LogP contribution in [0.3, 0.4) is 0 Å². The number of carboxylic acids is 1. The molecule has 0 atom stereocenters. The molecule has 0 bridgehead atoms. The van der Waals surface area contributed by atoms with Crippen molar-refractivity contribution >= 4 is 27.5 Å². The number of hydrogen-bond donors (Lipinski definition) is 1. The molecule has 0 aliphatic rings. The molecule has 0 fully saturated rings. The van der Waals surface area contributed by atoms with Crippen molar-refractivity contribution in [3.8, 4) is 17.1 Å². The Morgan fingerprint density at radius 3 is 2.45 bits per heavy atom. The predicted octanol–water partition coefficient (Wildman–Crippen LogP) is 3.68. The molecule has 1 aromatic carbocycles. The number of carboxylic acid groups (broad SMARTS) is 1. The van der Waals surface area contributed by atoms with Crippen molar-refractivity contribution < 1.29 is 14.6 Å². The van der Waals surface area contributed by atoms with Gasteiger partial charge in [-0.25, -0.2) is 14.8 Å². The number of fused-ring (bicyclic) bond motifs is 1. The average Bonchev–Trinajstić information content (AvgIpc) is 2.85. The molecule has 0 saturated heterocycles. The van der Waals surface area contributed by atoms with Gasteiger partial charge in [0.2, 0.25) is 0 Å². The molecular formula is C16H14N2O3S. The number of thiophene rings is 1. The number of aromatic carboxylic acids is 1. The van der Waals surface area contributed by atoms with Crippen LogP contribution in [0, 0.1) is 13.8 Å². The van der Waals surface area contributed by atoms with Crippen LogP contribution >= 0.6 is 11.3 Å². The summed E-state index contributed by atoms with van der Waals surface area (Å²) in [7, 11) is 1.61. The number of hydrogen-bond acceptors (Lipinski definition) is 5. The van der Waals surface area contributed by atoms with Gasteiger partial charge in [0.1, 0.15) is 15.5 Å². The van der Waals surface area contributed by atoms with E-state index in [1.807, 2.05) is 31.2 Å². The van der Waals surface area contributed by atoms with Gasteiger partial charge in [-0.2, -0.15) is 0 Å². The van der Waals surface area contributed by atoms with Crippen LogP contribution in [0.1, 0.15) is 20.9 Å². The molecule has 6 heteroatoms. The van der Waals surface area contributed by atoms with Gasteiger partial charge in [0.25, 0.3) is 0 Å². The van der Waals surface area contributed by atoms with Crippen LogP contribution < -0.4 is 4.74 Å². The fourth-order valence-corrected chi connectivity index (χ4v) is 3.48. The number of aromatic nitrogens is 2. The van der Waals surface area contributed by atoms with E-state index in [1.165, 1.54) is 11.3 Å². The summed E-state index contributed by atoms with van der Waals surface area (Å²) in [6, 6.07) is 7.47. The van der Waals surface area contributed by atoms with Gasteiger partial charge in [0.05, 0.1) is 12.8 Å². The number of methoxy groups -OCH3 is 1. The minimum atomic E-state index is -0.925. The molecule has 3 aromatic rings. The minimum Gasteiger partial charge on any atom is -0.497 e. The molecule has 22 heavy (non-hydrogen) atoms. The maximum atomic E-state index is 11.3. The lowest BCUT2D eigenvalue weighted by molar-refractivity contribution is 0.0701. The van der Waals surface area contributed by atoms with E-state index >= 15 is 0 Å². The van der Waals surface area contributed by atoms with Gasteiger partial charge in [-0.3, -0.25) is 0 Å². The normalized spacial score (nSPS) is 10.9. The predicted molar refractivity (Wildman–Crippen MR) is 85.8 cm³/mol. The molecule has 2 heterocycles. The maximum absolute atomic E-state index is 11.3. The van der Waals surface area contributed by atoms with E-state index < -0.39 is 5.97 Å². The topological polar surface area (TPSA) is 72.3 Å². The fourth-order valence-electron chi connectivity index (χ4n) is 2.41. The Hall–Kier alpha value is -2.47. The smallest absolute Gasteiger partial charge is 0.346 e. The molecule has 0 aliphatic carbocycles. The van der Waals surface area contributed by atoms with Crippen LogP contribution in [-0.4, -0.2) is 28.2 Å². The van der Waals surface area contributed by atoms with E-state index in [0.29, 0.717) is 15.5 Å². The van der Waals surface area contributed by atoms with E-state index in [-0.39, 0.29) is 0 Å². The molecule has 0 spiro atoms. The first-order chi connectivity index (χ1) is 10.5. The van der Waals surface area contributed by atoms with Gasteiger partial charge in [-0.05, 0) is 43.7 Å². The van der Waals surface area contributed by atoms with Crippen molar-refractivity contribution in [2.45, 2.75) is 13.8 Å². The summed E-state index contributed by atoms with van der Waals surface area (Å²) >= 11 is 1.19. The van der Waals surface area contributed by atoms with E-state index in [0.717, 1.165) is 28.0 Å². The van der Waals surface area contributed by atoms with E-state index in [1.54, 1.807) is 14.0 Å². The lowest BCUT2D eigenvalue weighted by Gasteiger charge is -2.05. The zero-order chi connectivity index (χ0) is 15.9. The molecule has 2 aromatic heterocycles. The third-order valence-electron chi connectivity index (χ3n) is 3.51. The SMILES string of the molecule is COc1ccc(-c2nc(C)c3c(C)c(C(=O)O)sc3n2)cc1. The first kappa shape index (κ1) is 14.5. The summed E-state index contributed by atoms with van der Waals surface area (Å²) in [6.07, 6.45) is 0. The fraction of sp³-hybridized carbons (Fsp3) is 0.188. The van der Waals surface area contributed by atoms with Crippen molar-refractivity contribution in [2.75, 3.05) is 7.11 Å². The van der Waals surface area contributed by atoms with Gasteiger partial charge in [0.15, 0.2) is 5.82 Å². The Bertz CT molecular complexity index is 869. The quantitative estimate of drug-likeness (QED) is 0.798. The highest BCUT2D eigenvalue weighted by Crippen LogP contribution is 2.33. The molecule has 0 unspecified atom stereocenters. The highest BCUT2D eigenvalue weighted by molar-refractivity contribution is 7.20. The maximum Gasteiger partial charge on any atom is 0.346 e. The number of benzene rings is 1. The third-order valence-corrected chi connectivity index (χ3v) is 4.69. The Labute approximate surface area is 131 Å². The van der Waals surface area contributed by atoms with Crippen molar-refractivity contribution in [1.82, 2.24) is 9.97 Å². The van der Waals surface area contributed by atoms with Gasteiger partial charge >= 0.3 is 5.97 Å². The summed E-state index contributed by atoms with van der Waals surface area (Å²) in [4.78, 5) is 21.3. The van der Waals surface area contributed by atoms with Crippen LogP contribution in [0.15, 0.2) is 24.3 Å². The number of aryl methyl sites for hydroxylation is 2. The molecular weight excluding hydrogens is 300 g/mol. The van der Waals surface area contributed by atoms with E-state index in [2.05, 4.69) is 9.97 Å². The summed E-state index contributed by atoms with van der Waals surface area (Å²) in [5.74, 6) is 0.429. The van der Waals surface area contributed by atoms with Gasteiger partial charge in [0, 0.05) is 10.9 Å². The van der Waals surface area contributed by atoms with Crippen LogP contribution in [0.5, 0.6) is 5.75 Å². The van der Waals surface area contributed by atoms with Crippen LogP contribution in [-0.2, 0) is 0 Å². The molecule has 0 amide bonds. The molecule has 112 valence electrons. The molecule has 0 radical (unpaired) electrons. The lowest BCUT2D eigenvalue weighted by atomic mass is 10.1. The second-order valence-corrected chi connectivity index (χ2v) is 5.90. The molecule has 0 aliphatic heterocycles. The summed E-state index contributed by atoms with van der Waals surface area (Å²) < 4.78 is 5.14. The second-order valence-electron chi connectivity index (χ2n) is 4.90. The molecule has 5 nitrogen and oxygen atoms in total. The van der Waals surface area contributed by atoms with Crippen molar-refractivity contribution in [1.29, 1.82) is 0 Å². The van der Waals surface area contributed by atoms with Crippen LogP contribution in [0.4, 0.5) is 0 Å². The summed E-state index contributed by atoms with van der Waals surface area (Å²) in [6.45, 7) is 3.67. The van der Waals surface area contributed by atoms with Gasteiger partial charge < -0.3 is 9.84 Å². The summed E-state index contributed by atoms with van der Waals surface area (Å²) in [5, 5.41) is 10.1. The minimum absolute atomic E-state index is 0.319. The van der Waals surface area contributed by atoms with Crippen LogP contribution in [0.25, 0.3) is 21.6 Å². The molecule has 1 N–H and O–H groups in total. The van der Waals surface area contributed by atoms with E-state index in [9.17, 15) is 9.90 Å². The van der Waals surface area contributed by atoms with Crippen LogP contribution in [0.2, 0.25) is 0 Å². The molecule has 3 rings (SSSR count). The number of rotatable bonds is 3. The standard InChI is InChI=1S/C16H14N2O3S/c1-8-12-9(2)17-14(10-4-6-11(21-3)7-5-10)18-15(12)22-13(8)16(19)20/h4-7H,1-3H3,(H,19,20). The Kier molecular flexibility index (Phi) is 3.54. The average molecular weight is 314 g/mol. The number of nitrogens with zero attached hydrogens (tertiary/aromatic N) is 2. The van der Waals surface area contributed by atoms with Crippen molar-refractivity contribution in [3.63, 3.8) is 0 Å². The lowest BCUT2D eigenvalue weighted by Crippen LogP contribution is -1.95. The van der Waals surface area contributed by atoms with E-state index in [4.69, 9.17) is 4.74 Å². The zero-order valence-electron chi connectivity index (χ0n) is 12.4. The van der Waals surface area contributed by atoms with Gasteiger partial charge in [-0.1, -0.05) is 0 Å². The zero-order valence-corrected chi connectivity index (χ0v) is 13.2. The summed E-state index contributed by atoms with van der Waals surface area (Å²) in [5.41, 5.74) is 2.39. The molecule has 0 saturated carbocycles. The Morgan fingerprint density at radius 1 is 1.18 bits per heavy atom.